The van der Waals surface area contributed by atoms with Crippen LogP contribution in [0.2, 0.25) is 0 Å². The van der Waals surface area contributed by atoms with Crippen molar-refractivity contribution in [1.29, 1.82) is 0 Å². The number of rotatable bonds is 5. The summed E-state index contributed by atoms with van der Waals surface area (Å²) in [7, 11) is 0. The molecule has 1 aromatic carbocycles. The van der Waals surface area contributed by atoms with Crippen molar-refractivity contribution < 1.29 is 0 Å². The van der Waals surface area contributed by atoms with Crippen molar-refractivity contribution in [1.82, 2.24) is 4.90 Å². The number of hydrogen-bond acceptors (Lipinski definition) is 3. The Kier molecular flexibility index (Phi) is 5.65. The van der Waals surface area contributed by atoms with E-state index in [1.165, 1.54) is 23.2 Å². The third kappa shape index (κ3) is 3.98. The first-order chi connectivity index (χ1) is 10.0. The molecule has 118 valence electrons. The van der Waals surface area contributed by atoms with Gasteiger partial charge in [0, 0.05) is 44.5 Å². The van der Waals surface area contributed by atoms with E-state index in [4.69, 9.17) is 5.73 Å². The van der Waals surface area contributed by atoms with E-state index in [0.29, 0.717) is 6.04 Å². The molecule has 3 nitrogen and oxygen atoms in total. The summed E-state index contributed by atoms with van der Waals surface area (Å²) in [6.07, 6.45) is 1.21. The summed E-state index contributed by atoms with van der Waals surface area (Å²) in [6.45, 7) is 14.3. The van der Waals surface area contributed by atoms with Gasteiger partial charge in [0.15, 0.2) is 0 Å². The first-order valence-corrected chi connectivity index (χ1v) is 8.28. The molecular weight excluding hydrogens is 258 g/mol. The molecule has 1 fully saturated rings. The summed E-state index contributed by atoms with van der Waals surface area (Å²) >= 11 is 0. The van der Waals surface area contributed by atoms with Crippen LogP contribution in [-0.2, 0) is 0 Å². The second-order valence-corrected chi connectivity index (χ2v) is 6.76. The number of nitrogens with two attached hydrogens (primary N) is 1. The quantitative estimate of drug-likeness (QED) is 0.904. The Hall–Kier alpha value is -1.06. The Morgan fingerprint density at radius 2 is 1.76 bits per heavy atom. The van der Waals surface area contributed by atoms with Crippen molar-refractivity contribution in [2.24, 2.45) is 11.7 Å². The Morgan fingerprint density at radius 1 is 1.10 bits per heavy atom. The molecule has 1 atom stereocenters. The average molecular weight is 289 g/mol. The maximum atomic E-state index is 5.99. The van der Waals surface area contributed by atoms with E-state index in [-0.39, 0.29) is 0 Å². The third-order valence-corrected chi connectivity index (χ3v) is 4.76. The number of aryl methyl sites for hydroxylation is 1. The summed E-state index contributed by atoms with van der Waals surface area (Å²) in [4.78, 5) is 5.11. The van der Waals surface area contributed by atoms with Gasteiger partial charge in [-0.25, -0.2) is 0 Å². The first-order valence-electron chi connectivity index (χ1n) is 8.28. The Morgan fingerprint density at radius 3 is 2.33 bits per heavy atom. The predicted octanol–water partition coefficient (Wildman–Crippen LogP) is 2.80. The van der Waals surface area contributed by atoms with Crippen molar-refractivity contribution in [2.75, 3.05) is 37.6 Å². The van der Waals surface area contributed by atoms with E-state index in [2.05, 4.69) is 55.7 Å². The van der Waals surface area contributed by atoms with Crippen molar-refractivity contribution >= 4 is 5.69 Å². The van der Waals surface area contributed by atoms with E-state index in [1.54, 1.807) is 0 Å². The first kappa shape index (κ1) is 16.3. The topological polar surface area (TPSA) is 32.5 Å². The van der Waals surface area contributed by atoms with Gasteiger partial charge < -0.3 is 10.6 Å². The number of nitrogens with zero attached hydrogens (tertiary/aromatic N) is 2. The molecule has 1 aliphatic heterocycles. The fourth-order valence-electron chi connectivity index (χ4n) is 3.34. The van der Waals surface area contributed by atoms with Crippen LogP contribution in [0, 0.1) is 19.8 Å². The normalized spacial score (nSPS) is 18.3. The van der Waals surface area contributed by atoms with Crippen molar-refractivity contribution in [3.8, 4) is 0 Å². The Balaban J connectivity index is 1.98. The fraction of sp³-hybridized carbons (Fsp3) is 0.667. The summed E-state index contributed by atoms with van der Waals surface area (Å²) in [5.74, 6) is 0.718. The molecule has 1 unspecified atom stereocenters. The average Bonchev–Trinajstić information content (AvgIpc) is 2.48. The monoisotopic (exact) mass is 289 g/mol. The van der Waals surface area contributed by atoms with Gasteiger partial charge >= 0.3 is 0 Å². The minimum atomic E-state index is 0.547. The van der Waals surface area contributed by atoms with Gasteiger partial charge in [0.1, 0.15) is 0 Å². The van der Waals surface area contributed by atoms with Crippen LogP contribution in [0.5, 0.6) is 0 Å². The molecule has 2 rings (SSSR count). The van der Waals surface area contributed by atoms with Crippen LogP contribution in [0.4, 0.5) is 5.69 Å². The second-order valence-electron chi connectivity index (χ2n) is 6.76. The predicted molar refractivity (Wildman–Crippen MR) is 92.0 cm³/mol. The van der Waals surface area contributed by atoms with Crippen molar-refractivity contribution in [3.63, 3.8) is 0 Å². The van der Waals surface area contributed by atoms with Crippen LogP contribution in [-0.4, -0.2) is 43.7 Å². The highest BCUT2D eigenvalue weighted by atomic mass is 15.3. The smallest absolute Gasteiger partial charge is 0.0399 e. The van der Waals surface area contributed by atoms with E-state index in [1.807, 2.05) is 0 Å². The van der Waals surface area contributed by atoms with Gasteiger partial charge in [-0.2, -0.15) is 0 Å². The standard InChI is InChI=1S/C18H31N3/c1-14(2)12-17(13-19)20-8-10-21(11-9-20)18-7-5-6-15(3)16(18)4/h5-7,14,17H,8-13,19H2,1-4H3. The van der Waals surface area contributed by atoms with E-state index in [0.717, 1.165) is 38.6 Å². The number of hydrogen-bond donors (Lipinski definition) is 1. The number of piperazine rings is 1. The van der Waals surface area contributed by atoms with Crippen molar-refractivity contribution in [2.45, 2.75) is 40.2 Å². The van der Waals surface area contributed by atoms with Crippen LogP contribution in [0.15, 0.2) is 18.2 Å². The highest BCUT2D eigenvalue weighted by Gasteiger charge is 2.24. The highest BCUT2D eigenvalue weighted by Crippen LogP contribution is 2.24. The maximum absolute atomic E-state index is 5.99. The zero-order chi connectivity index (χ0) is 15.4. The summed E-state index contributed by atoms with van der Waals surface area (Å²) in [6, 6.07) is 7.17. The largest absolute Gasteiger partial charge is 0.369 e. The molecule has 0 saturated carbocycles. The minimum Gasteiger partial charge on any atom is -0.369 e. The van der Waals surface area contributed by atoms with E-state index >= 15 is 0 Å². The van der Waals surface area contributed by atoms with Crippen molar-refractivity contribution in [3.05, 3.63) is 29.3 Å². The van der Waals surface area contributed by atoms with E-state index < -0.39 is 0 Å². The zero-order valence-electron chi connectivity index (χ0n) is 14.1. The fourth-order valence-corrected chi connectivity index (χ4v) is 3.34. The molecule has 1 saturated heterocycles. The molecule has 0 radical (unpaired) electrons. The molecule has 21 heavy (non-hydrogen) atoms. The maximum Gasteiger partial charge on any atom is 0.0399 e. The van der Waals surface area contributed by atoms with Gasteiger partial charge in [0.2, 0.25) is 0 Å². The van der Waals surface area contributed by atoms with Gasteiger partial charge in [-0.3, -0.25) is 4.90 Å². The second kappa shape index (κ2) is 7.28. The lowest BCUT2D eigenvalue weighted by atomic mass is 10.0. The highest BCUT2D eigenvalue weighted by molar-refractivity contribution is 5.56. The minimum absolute atomic E-state index is 0.547. The molecule has 0 bridgehead atoms. The Bertz CT molecular complexity index is 448. The summed E-state index contributed by atoms with van der Waals surface area (Å²) in [5, 5.41) is 0. The van der Waals surface area contributed by atoms with Gasteiger partial charge in [0.05, 0.1) is 0 Å². The summed E-state index contributed by atoms with van der Waals surface area (Å²) < 4.78 is 0. The number of anilines is 1. The molecule has 3 heteroatoms. The number of benzene rings is 1. The molecule has 0 aliphatic carbocycles. The lowest BCUT2D eigenvalue weighted by Crippen LogP contribution is -2.52. The van der Waals surface area contributed by atoms with Gasteiger partial charge in [-0.15, -0.1) is 0 Å². The van der Waals surface area contributed by atoms with Crippen LogP contribution < -0.4 is 10.6 Å². The van der Waals surface area contributed by atoms with Gasteiger partial charge in [-0.1, -0.05) is 26.0 Å². The van der Waals surface area contributed by atoms with Crippen LogP contribution in [0.3, 0.4) is 0 Å². The van der Waals surface area contributed by atoms with Gasteiger partial charge in [-0.05, 0) is 43.4 Å². The lowest BCUT2D eigenvalue weighted by molar-refractivity contribution is 0.168. The molecular formula is C18H31N3. The summed E-state index contributed by atoms with van der Waals surface area (Å²) in [5.41, 5.74) is 10.2. The molecule has 1 heterocycles. The SMILES string of the molecule is Cc1cccc(N2CCN(C(CN)CC(C)C)CC2)c1C. The van der Waals surface area contributed by atoms with E-state index in [9.17, 15) is 0 Å². The van der Waals surface area contributed by atoms with Crippen LogP contribution >= 0.6 is 0 Å². The van der Waals surface area contributed by atoms with Crippen LogP contribution in [0.1, 0.15) is 31.4 Å². The lowest BCUT2D eigenvalue weighted by Gasteiger charge is -2.41. The molecule has 1 aliphatic rings. The van der Waals surface area contributed by atoms with Gasteiger partial charge in [0.25, 0.3) is 0 Å². The molecule has 0 spiro atoms. The molecule has 0 aromatic heterocycles. The molecule has 2 N–H and O–H groups in total. The molecule has 0 amide bonds. The molecule has 1 aromatic rings. The third-order valence-electron chi connectivity index (χ3n) is 4.76. The Labute approximate surface area is 130 Å². The zero-order valence-corrected chi connectivity index (χ0v) is 14.1. The van der Waals surface area contributed by atoms with Crippen LogP contribution in [0.25, 0.3) is 0 Å².